The quantitative estimate of drug-likeness (QED) is 0.804. The molecule has 1 aromatic heterocycles. The highest BCUT2D eigenvalue weighted by atomic mass is 35.5. The molecule has 0 bridgehead atoms. The summed E-state index contributed by atoms with van der Waals surface area (Å²) in [5, 5.41) is 15.0. The Hall–Kier alpha value is -1.40. The number of hydrogen-bond donors (Lipinski definition) is 1. The van der Waals surface area contributed by atoms with Gasteiger partial charge < -0.3 is 9.84 Å². The van der Waals surface area contributed by atoms with Crippen LogP contribution >= 0.6 is 11.6 Å². The van der Waals surface area contributed by atoms with Gasteiger partial charge in [-0.2, -0.15) is 5.10 Å². The molecule has 0 fully saturated rings. The molecule has 1 aromatic carbocycles. The van der Waals surface area contributed by atoms with E-state index in [1.54, 1.807) is 4.68 Å². The second-order valence-corrected chi connectivity index (χ2v) is 6.29. The average Bonchev–Trinajstić information content (AvgIpc) is 2.95. The Bertz CT molecular complexity index is 600. The third-order valence-corrected chi connectivity index (χ3v) is 4.11. The summed E-state index contributed by atoms with van der Waals surface area (Å²) in [4.78, 5) is 2.09. The predicted octanol–water partition coefficient (Wildman–Crippen LogP) is 2.64. The van der Waals surface area contributed by atoms with Gasteiger partial charge in [-0.15, -0.1) is 0 Å². The van der Waals surface area contributed by atoms with E-state index in [9.17, 15) is 5.11 Å². The second kappa shape index (κ2) is 8.45. The SMILES string of the molecule is CC(c1cnn(C)c1)N(C)CC(O)COCc1ccc(Cl)cc1. The Balaban J connectivity index is 1.73. The number of aryl methyl sites for hydroxylation is 1. The molecule has 126 valence electrons. The van der Waals surface area contributed by atoms with Crippen LogP contribution < -0.4 is 0 Å². The molecule has 6 heteroatoms. The minimum absolute atomic E-state index is 0.189. The van der Waals surface area contributed by atoms with Crippen LogP contribution in [-0.2, 0) is 18.4 Å². The van der Waals surface area contributed by atoms with Crippen LogP contribution in [0, 0.1) is 0 Å². The van der Waals surface area contributed by atoms with Crippen LogP contribution in [0.2, 0.25) is 5.02 Å². The minimum Gasteiger partial charge on any atom is -0.389 e. The van der Waals surface area contributed by atoms with Crippen LogP contribution in [0.25, 0.3) is 0 Å². The van der Waals surface area contributed by atoms with Gasteiger partial charge in [0.2, 0.25) is 0 Å². The lowest BCUT2D eigenvalue weighted by molar-refractivity contribution is 0.00853. The molecule has 0 saturated heterocycles. The van der Waals surface area contributed by atoms with E-state index >= 15 is 0 Å². The topological polar surface area (TPSA) is 50.5 Å². The minimum atomic E-state index is -0.536. The number of aromatic nitrogens is 2. The van der Waals surface area contributed by atoms with E-state index in [0.29, 0.717) is 24.8 Å². The summed E-state index contributed by atoms with van der Waals surface area (Å²) in [5.41, 5.74) is 2.17. The molecule has 2 unspecified atom stereocenters. The van der Waals surface area contributed by atoms with Gasteiger partial charge in [0, 0.05) is 36.4 Å². The van der Waals surface area contributed by atoms with Gasteiger partial charge in [-0.25, -0.2) is 0 Å². The molecule has 2 aromatic rings. The molecule has 1 heterocycles. The van der Waals surface area contributed by atoms with Crippen LogP contribution in [0.1, 0.15) is 24.1 Å². The standard InChI is InChI=1S/C17H24ClN3O2/c1-13(15-8-19-21(3)9-15)20(2)10-17(22)12-23-11-14-4-6-16(18)7-5-14/h4-9,13,17,22H,10-12H2,1-3H3. The van der Waals surface area contributed by atoms with E-state index in [1.807, 2.05) is 50.8 Å². The molecule has 0 aliphatic rings. The average molecular weight is 338 g/mol. The first-order valence-corrected chi connectivity index (χ1v) is 8.02. The Morgan fingerprint density at radius 1 is 1.35 bits per heavy atom. The normalized spacial score (nSPS) is 14.2. The largest absolute Gasteiger partial charge is 0.389 e. The Morgan fingerprint density at radius 3 is 2.65 bits per heavy atom. The number of nitrogens with zero attached hydrogens (tertiary/aromatic N) is 3. The highest BCUT2D eigenvalue weighted by Gasteiger charge is 2.16. The highest BCUT2D eigenvalue weighted by Crippen LogP contribution is 2.17. The molecule has 0 amide bonds. The third kappa shape index (κ3) is 5.62. The number of aliphatic hydroxyl groups excluding tert-OH is 1. The van der Waals surface area contributed by atoms with E-state index in [1.165, 1.54) is 0 Å². The van der Waals surface area contributed by atoms with Gasteiger partial charge in [0.05, 0.1) is 25.5 Å². The molecule has 0 saturated carbocycles. The zero-order chi connectivity index (χ0) is 16.8. The maximum Gasteiger partial charge on any atom is 0.0900 e. The van der Waals surface area contributed by atoms with Crippen molar-refractivity contribution in [1.29, 1.82) is 0 Å². The first-order valence-electron chi connectivity index (χ1n) is 7.64. The summed E-state index contributed by atoms with van der Waals surface area (Å²) in [6.07, 6.45) is 3.31. The first-order chi connectivity index (χ1) is 11.0. The number of likely N-dealkylation sites (N-methyl/N-ethyl adjacent to an activating group) is 1. The molecule has 2 rings (SSSR count). The highest BCUT2D eigenvalue weighted by molar-refractivity contribution is 6.30. The summed E-state index contributed by atoms with van der Waals surface area (Å²) < 4.78 is 7.36. The molecule has 23 heavy (non-hydrogen) atoms. The molecule has 0 radical (unpaired) electrons. The van der Waals surface area contributed by atoms with Crippen LogP contribution in [0.5, 0.6) is 0 Å². The van der Waals surface area contributed by atoms with Crippen molar-refractivity contribution in [3.8, 4) is 0 Å². The zero-order valence-electron chi connectivity index (χ0n) is 13.8. The summed E-state index contributed by atoms with van der Waals surface area (Å²) in [6, 6.07) is 7.70. The van der Waals surface area contributed by atoms with E-state index in [-0.39, 0.29) is 6.04 Å². The van der Waals surface area contributed by atoms with Gasteiger partial charge in [0.25, 0.3) is 0 Å². The van der Waals surface area contributed by atoms with Crippen molar-refractivity contribution in [2.45, 2.75) is 25.7 Å². The monoisotopic (exact) mass is 337 g/mol. The fraction of sp³-hybridized carbons (Fsp3) is 0.471. The zero-order valence-corrected chi connectivity index (χ0v) is 14.6. The van der Waals surface area contributed by atoms with E-state index < -0.39 is 6.10 Å². The lowest BCUT2D eigenvalue weighted by Gasteiger charge is -2.26. The van der Waals surface area contributed by atoms with Crippen LogP contribution in [0.15, 0.2) is 36.7 Å². The smallest absolute Gasteiger partial charge is 0.0900 e. The number of hydrogen-bond acceptors (Lipinski definition) is 4. The van der Waals surface area contributed by atoms with Crippen molar-refractivity contribution >= 4 is 11.6 Å². The van der Waals surface area contributed by atoms with Crippen LogP contribution in [-0.4, -0.2) is 46.1 Å². The van der Waals surface area contributed by atoms with Gasteiger partial charge in [0.1, 0.15) is 0 Å². The molecule has 1 N–H and O–H groups in total. The molecule has 0 spiro atoms. The number of aliphatic hydroxyl groups is 1. The first kappa shape index (κ1) is 17.9. The number of rotatable bonds is 8. The van der Waals surface area contributed by atoms with Crippen molar-refractivity contribution in [2.24, 2.45) is 7.05 Å². The van der Waals surface area contributed by atoms with Gasteiger partial charge in [-0.05, 0) is 31.7 Å². The molecule has 5 nitrogen and oxygen atoms in total. The second-order valence-electron chi connectivity index (χ2n) is 5.86. The van der Waals surface area contributed by atoms with Crippen molar-refractivity contribution in [2.75, 3.05) is 20.2 Å². The van der Waals surface area contributed by atoms with Gasteiger partial charge in [0.15, 0.2) is 0 Å². The van der Waals surface area contributed by atoms with E-state index in [2.05, 4.69) is 16.9 Å². The van der Waals surface area contributed by atoms with Gasteiger partial charge in [-0.1, -0.05) is 23.7 Å². The Kier molecular flexibility index (Phi) is 6.59. The fourth-order valence-corrected chi connectivity index (χ4v) is 2.47. The van der Waals surface area contributed by atoms with Crippen molar-refractivity contribution < 1.29 is 9.84 Å². The molecule has 2 atom stereocenters. The van der Waals surface area contributed by atoms with E-state index in [4.69, 9.17) is 16.3 Å². The molecular weight excluding hydrogens is 314 g/mol. The fourth-order valence-electron chi connectivity index (χ4n) is 2.35. The number of benzene rings is 1. The maximum absolute atomic E-state index is 10.1. The molecular formula is C17H24ClN3O2. The van der Waals surface area contributed by atoms with Crippen molar-refractivity contribution in [3.63, 3.8) is 0 Å². The van der Waals surface area contributed by atoms with Crippen molar-refractivity contribution in [3.05, 3.63) is 52.8 Å². The van der Waals surface area contributed by atoms with Crippen molar-refractivity contribution in [1.82, 2.24) is 14.7 Å². The lowest BCUT2D eigenvalue weighted by atomic mass is 10.1. The third-order valence-electron chi connectivity index (χ3n) is 3.86. The number of halogens is 1. The molecule has 0 aliphatic heterocycles. The van der Waals surface area contributed by atoms with Gasteiger partial charge in [-0.3, -0.25) is 9.58 Å². The van der Waals surface area contributed by atoms with Crippen LogP contribution in [0.3, 0.4) is 0 Å². The number of ether oxygens (including phenoxy) is 1. The predicted molar refractivity (Wildman–Crippen MR) is 91.4 cm³/mol. The van der Waals surface area contributed by atoms with Crippen LogP contribution in [0.4, 0.5) is 0 Å². The maximum atomic E-state index is 10.1. The summed E-state index contributed by atoms with van der Waals surface area (Å²) in [6.45, 7) is 3.40. The summed E-state index contributed by atoms with van der Waals surface area (Å²) >= 11 is 5.84. The Morgan fingerprint density at radius 2 is 2.04 bits per heavy atom. The Labute approximate surface area is 142 Å². The summed E-state index contributed by atoms with van der Waals surface area (Å²) in [5.74, 6) is 0. The van der Waals surface area contributed by atoms with E-state index in [0.717, 1.165) is 11.1 Å². The summed E-state index contributed by atoms with van der Waals surface area (Å²) in [7, 11) is 3.88. The lowest BCUT2D eigenvalue weighted by Crippen LogP contribution is -2.33. The molecule has 0 aliphatic carbocycles. The van der Waals surface area contributed by atoms with Gasteiger partial charge >= 0.3 is 0 Å².